The van der Waals surface area contributed by atoms with Gasteiger partial charge in [-0.05, 0) is 93.5 Å². The highest BCUT2D eigenvalue weighted by molar-refractivity contribution is 5.76. The van der Waals surface area contributed by atoms with Gasteiger partial charge in [-0.15, -0.1) is 0 Å². The Balaban J connectivity index is 1.20. The van der Waals surface area contributed by atoms with Crippen LogP contribution in [0.3, 0.4) is 0 Å². The van der Waals surface area contributed by atoms with Gasteiger partial charge in [0.1, 0.15) is 13.2 Å². The van der Waals surface area contributed by atoms with Crippen molar-refractivity contribution in [1.29, 1.82) is 0 Å². The van der Waals surface area contributed by atoms with Gasteiger partial charge in [-0.3, -0.25) is 4.79 Å². The largest absolute Gasteiger partial charge is 0.486 e. The number of nitrogens with zero attached hydrogens (tertiary/aromatic N) is 1. The van der Waals surface area contributed by atoms with Gasteiger partial charge in [0, 0.05) is 19.0 Å². The Morgan fingerprint density at radius 1 is 1.22 bits per heavy atom. The van der Waals surface area contributed by atoms with E-state index in [1.807, 2.05) is 6.07 Å². The molecule has 2 aliphatic carbocycles. The molecule has 1 amide bonds. The van der Waals surface area contributed by atoms with Crippen LogP contribution >= 0.6 is 0 Å². The first-order valence-corrected chi connectivity index (χ1v) is 12.7. The van der Waals surface area contributed by atoms with Gasteiger partial charge in [-0.2, -0.15) is 0 Å². The Bertz CT molecular complexity index is 860. The van der Waals surface area contributed by atoms with Crippen LogP contribution in [0.4, 0.5) is 0 Å². The van der Waals surface area contributed by atoms with Crippen molar-refractivity contribution < 1.29 is 14.3 Å². The van der Waals surface area contributed by atoms with Gasteiger partial charge in [0.05, 0.1) is 0 Å². The fourth-order valence-electron chi connectivity index (χ4n) is 6.29. The third-order valence-corrected chi connectivity index (χ3v) is 7.79. The van der Waals surface area contributed by atoms with Crippen molar-refractivity contribution >= 4 is 5.91 Å². The molecule has 0 spiro atoms. The predicted octanol–water partition coefficient (Wildman–Crippen LogP) is 4.50. The first-order chi connectivity index (χ1) is 15.5. The van der Waals surface area contributed by atoms with E-state index in [0.29, 0.717) is 19.6 Å². The van der Waals surface area contributed by atoms with Gasteiger partial charge in [0.2, 0.25) is 5.91 Å². The third-order valence-electron chi connectivity index (χ3n) is 7.79. The van der Waals surface area contributed by atoms with E-state index in [1.165, 1.54) is 44.1 Å². The van der Waals surface area contributed by atoms with Crippen molar-refractivity contribution in [3.05, 3.63) is 35.4 Å². The van der Waals surface area contributed by atoms with Gasteiger partial charge in [-0.25, -0.2) is 0 Å². The maximum absolute atomic E-state index is 13.0. The van der Waals surface area contributed by atoms with Crippen LogP contribution in [-0.2, 0) is 11.2 Å². The van der Waals surface area contributed by atoms with E-state index in [0.717, 1.165) is 49.9 Å². The first-order valence-electron chi connectivity index (χ1n) is 12.7. The molecule has 5 nitrogen and oxygen atoms in total. The van der Waals surface area contributed by atoms with Crippen LogP contribution in [0.15, 0.2) is 29.8 Å². The summed E-state index contributed by atoms with van der Waals surface area (Å²) in [4.78, 5) is 15.5. The lowest BCUT2D eigenvalue weighted by Crippen LogP contribution is -2.44. The van der Waals surface area contributed by atoms with Crippen LogP contribution in [0.25, 0.3) is 0 Å². The molecular weight excluding hydrogens is 400 g/mol. The van der Waals surface area contributed by atoms with E-state index in [-0.39, 0.29) is 17.4 Å². The van der Waals surface area contributed by atoms with Gasteiger partial charge < -0.3 is 19.7 Å². The maximum Gasteiger partial charge on any atom is 0.220 e. The summed E-state index contributed by atoms with van der Waals surface area (Å²) in [5, 5.41) is 3.39. The molecule has 1 N–H and O–H groups in total. The van der Waals surface area contributed by atoms with Crippen molar-refractivity contribution in [2.45, 2.75) is 70.8 Å². The Morgan fingerprint density at radius 2 is 2.03 bits per heavy atom. The Kier molecular flexibility index (Phi) is 6.45. The molecule has 32 heavy (non-hydrogen) atoms. The summed E-state index contributed by atoms with van der Waals surface area (Å²) >= 11 is 0. The number of fused-ring (bicyclic) bond motifs is 3. The molecule has 2 aliphatic heterocycles. The molecule has 2 fully saturated rings. The lowest BCUT2D eigenvalue weighted by Gasteiger charge is -2.33. The molecular formula is C27H38N2O3. The zero-order chi connectivity index (χ0) is 22.0. The van der Waals surface area contributed by atoms with Gasteiger partial charge in [-0.1, -0.05) is 24.6 Å². The van der Waals surface area contributed by atoms with Crippen molar-refractivity contribution in [1.82, 2.24) is 10.2 Å². The number of allylic oxidation sites excluding steroid dienone is 2. The minimum absolute atomic E-state index is 0.122. The van der Waals surface area contributed by atoms with Crippen LogP contribution in [-0.4, -0.2) is 49.7 Å². The van der Waals surface area contributed by atoms with Gasteiger partial charge in [0.25, 0.3) is 0 Å². The molecule has 174 valence electrons. The maximum atomic E-state index is 13.0. The van der Waals surface area contributed by atoms with E-state index in [1.54, 1.807) is 5.57 Å². The van der Waals surface area contributed by atoms with E-state index >= 15 is 0 Å². The van der Waals surface area contributed by atoms with Crippen LogP contribution in [0, 0.1) is 11.3 Å². The first kappa shape index (κ1) is 21.8. The van der Waals surface area contributed by atoms with Gasteiger partial charge in [0.15, 0.2) is 11.5 Å². The number of rotatable bonds is 8. The highest BCUT2D eigenvalue weighted by Gasteiger charge is 2.35. The van der Waals surface area contributed by atoms with Crippen molar-refractivity contribution in [3.8, 4) is 11.5 Å². The minimum atomic E-state index is 0.122. The summed E-state index contributed by atoms with van der Waals surface area (Å²) in [5.41, 5.74) is 3.03. The number of carbonyl (C=O) groups is 1. The quantitative estimate of drug-likeness (QED) is 0.607. The van der Waals surface area contributed by atoms with Gasteiger partial charge >= 0.3 is 0 Å². The second-order valence-corrected chi connectivity index (χ2v) is 10.7. The monoisotopic (exact) mass is 438 g/mol. The van der Waals surface area contributed by atoms with Crippen molar-refractivity contribution in [3.63, 3.8) is 0 Å². The molecule has 5 rings (SSSR count). The fraction of sp³-hybridized carbons (Fsp3) is 0.667. The average Bonchev–Trinajstić information content (AvgIpc) is 3.41. The number of amides is 1. The van der Waals surface area contributed by atoms with Crippen LogP contribution in [0.2, 0.25) is 0 Å². The summed E-state index contributed by atoms with van der Waals surface area (Å²) in [6, 6.07) is 6.33. The van der Waals surface area contributed by atoms with E-state index in [2.05, 4.69) is 35.3 Å². The lowest BCUT2D eigenvalue weighted by molar-refractivity contribution is -0.122. The van der Waals surface area contributed by atoms with Crippen LogP contribution < -0.4 is 14.8 Å². The number of hydrogen-bond donors (Lipinski definition) is 1. The number of hydrogen-bond acceptors (Lipinski definition) is 4. The third kappa shape index (κ3) is 5.31. The molecule has 1 aromatic carbocycles. The molecule has 1 saturated carbocycles. The Hall–Kier alpha value is -2.01. The summed E-state index contributed by atoms with van der Waals surface area (Å²) in [5.74, 6) is 2.70. The summed E-state index contributed by atoms with van der Waals surface area (Å²) in [6.07, 6.45) is 12.6. The molecule has 5 heteroatoms. The fourth-order valence-corrected chi connectivity index (χ4v) is 6.29. The van der Waals surface area contributed by atoms with Crippen LogP contribution in [0.5, 0.6) is 11.5 Å². The lowest BCUT2D eigenvalue weighted by atomic mass is 9.73. The minimum Gasteiger partial charge on any atom is -0.486 e. The highest BCUT2D eigenvalue weighted by Crippen LogP contribution is 2.48. The highest BCUT2D eigenvalue weighted by atomic mass is 16.6. The molecule has 2 heterocycles. The number of ether oxygens (including phenoxy) is 2. The Morgan fingerprint density at radius 3 is 2.84 bits per heavy atom. The number of carbonyl (C=O) groups excluding carboxylic acids is 1. The van der Waals surface area contributed by atoms with Crippen LogP contribution in [0.1, 0.15) is 63.9 Å². The predicted molar refractivity (Wildman–Crippen MR) is 126 cm³/mol. The molecule has 3 atom stereocenters. The molecule has 0 radical (unpaired) electrons. The molecule has 0 aromatic heterocycles. The molecule has 2 bridgehead atoms. The molecule has 3 unspecified atom stereocenters. The molecule has 1 aromatic rings. The Labute approximate surface area is 192 Å². The zero-order valence-electron chi connectivity index (χ0n) is 19.5. The van der Waals surface area contributed by atoms with E-state index in [9.17, 15) is 4.79 Å². The standard InChI is InChI=1S/C27H38N2O3/c1-27(17-21-4-5-22(14-21)18-27)9-8-26(30)28-23(19-29-10-2-3-11-29)15-20-6-7-24-25(16-20)32-13-12-31-24/h6-7,16-17,22-23H,2-5,8-15,18-19H2,1H3,(H,28,30). The summed E-state index contributed by atoms with van der Waals surface area (Å²) in [7, 11) is 0. The van der Waals surface area contributed by atoms with Crippen molar-refractivity contribution in [2.75, 3.05) is 32.8 Å². The number of benzene rings is 1. The summed E-state index contributed by atoms with van der Waals surface area (Å²) in [6.45, 7) is 6.76. The average molecular weight is 439 g/mol. The van der Waals surface area contributed by atoms with E-state index < -0.39 is 0 Å². The summed E-state index contributed by atoms with van der Waals surface area (Å²) < 4.78 is 11.4. The zero-order valence-corrected chi connectivity index (χ0v) is 19.5. The number of nitrogens with one attached hydrogen (secondary N) is 1. The second-order valence-electron chi connectivity index (χ2n) is 10.7. The smallest absolute Gasteiger partial charge is 0.220 e. The topological polar surface area (TPSA) is 50.8 Å². The SMILES string of the molecule is CC1(CCC(=O)NC(Cc2ccc3c(c2)OCCO3)CN2CCCC2)C=C2CCC(C2)C1. The molecule has 1 saturated heterocycles. The molecule has 4 aliphatic rings. The van der Waals surface area contributed by atoms with E-state index in [4.69, 9.17) is 9.47 Å². The second kappa shape index (κ2) is 9.46. The van der Waals surface area contributed by atoms with Crippen molar-refractivity contribution in [2.24, 2.45) is 11.3 Å². The number of likely N-dealkylation sites (tertiary alicyclic amines) is 1. The normalized spacial score (nSPS) is 27.8.